The largest absolute Gasteiger partial charge is 0.487 e. The summed E-state index contributed by atoms with van der Waals surface area (Å²) in [5.74, 6) is 1.74. The average molecular weight is 194 g/mol. The van der Waals surface area contributed by atoms with E-state index >= 15 is 0 Å². The third-order valence-corrected chi connectivity index (χ3v) is 1.60. The van der Waals surface area contributed by atoms with E-state index in [4.69, 9.17) is 4.74 Å². The van der Waals surface area contributed by atoms with Gasteiger partial charge in [-0.1, -0.05) is 0 Å². The van der Waals surface area contributed by atoms with E-state index in [0.717, 1.165) is 11.6 Å². The molecule has 78 valence electrons. The first-order chi connectivity index (χ1) is 6.38. The number of ether oxygens (including phenoxy) is 1. The summed E-state index contributed by atoms with van der Waals surface area (Å²) >= 11 is 0. The molecule has 0 aliphatic heterocycles. The van der Waals surface area contributed by atoms with Crippen molar-refractivity contribution in [2.75, 3.05) is 19.0 Å². The lowest BCUT2D eigenvalue weighted by atomic mass is 10.2. The fourth-order valence-electron chi connectivity index (χ4n) is 1.05. The standard InChI is InChI=1S/C11H18N2O/c1-11(2,3)14-9-6-7-10(12-8-9)13(4)5/h6-8H,1-5H3. The predicted octanol–water partition coefficient (Wildman–Crippen LogP) is 2.32. The number of hydrogen-bond acceptors (Lipinski definition) is 3. The van der Waals surface area contributed by atoms with Gasteiger partial charge in [0.25, 0.3) is 0 Å². The highest BCUT2D eigenvalue weighted by Gasteiger charge is 2.11. The monoisotopic (exact) mass is 194 g/mol. The first kappa shape index (κ1) is 10.8. The number of hydrogen-bond donors (Lipinski definition) is 0. The van der Waals surface area contributed by atoms with Crippen LogP contribution in [0.4, 0.5) is 5.82 Å². The summed E-state index contributed by atoms with van der Waals surface area (Å²) in [6.45, 7) is 6.06. The molecule has 0 amide bonds. The highest BCUT2D eigenvalue weighted by Crippen LogP contribution is 2.18. The summed E-state index contributed by atoms with van der Waals surface area (Å²) in [5.41, 5.74) is -0.165. The van der Waals surface area contributed by atoms with Crippen LogP contribution in [-0.2, 0) is 0 Å². The van der Waals surface area contributed by atoms with Crippen LogP contribution in [0.3, 0.4) is 0 Å². The molecule has 0 saturated carbocycles. The van der Waals surface area contributed by atoms with E-state index in [0.29, 0.717) is 0 Å². The van der Waals surface area contributed by atoms with Gasteiger partial charge in [0.15, 0.2) is 0 Å². The molecule has 0 aliphatic carbocycles. The summed E-state index contributed by atoms with van der Waals surface area (Å²) in [5, 5.41) is 0. The summed E-state index contributed by atoms with van der Waals surface area (Å²) in [6, 6.07) is 3.88. The van der Waals surface area contributed by atoms with E-state index in [9.17, 15) is 0 Å². The lowest BCUT2D eigenvalue weighted by Crippen LogP contribution is -2.23. The van der Waals surface area contributed by atoms with Gasteiger partial charge in [0.2, 0.25) is 0 Å². The molecule has 0 atom stereocenters. The Balaban J connectivity index is 2.74. The van der Waals surface area contributed by atoms with Gasteiger partial charge < -0.3 is 9.64 Å². The maximum Gasteiger partial charge on any atom is 0.138 e. The molecule has 1 heterocycles. The second-order valence-electron chi connectivity index (χ2n) is 4.46. The lowest BCUT2D eigenvalue weighted by Gasteiger charge is -2.21. The maximum absolute atomic E-state index is 5.66. The van der Waals surface area contributed by atoms with Crippen LogP contribution in [0.25, 0.3) is 0 Å². The van der Waals surface area contributed by atoms with Gasteiger partial charge in [-0.3, -0.25) is 0 Å². The molecule has 14 heavy (non-hydrogen) atoms. The molecule has 3 nitrogen and oxygen atoms in total. The minimum atomic E-state index is -0.165. The van der Waals surface area contributed by atoms with Crippen LogP contribution in [0.5, 0.6) is 5.75 Å². The number of nitrogens with zero attached hydrogens (tertiary/aromatic N) is 2. The molecular weight excluding hydrogens is 176 g/mol. The molecule has 0 aliphatic rings. The molecule has 0 radical (unpaired) electrons. The SMILES string of the molecule is CN(C)c1ccc(OC(C)(C)C)cn1. The molecule has 0 bridgehead atoms. The van der Waals surface area contributed by atoms with Crippen LogP contribution in [-0.4, -0.2) is 24.7 Å². The average Bonchev–Trinajstić information content (AvgIpc) is 2.02. The fraction of sp³-hybridized carbons (Fsp3) is 0.545. The topological polar surface area (TPSA) is 25.4 Å². The smallest absolute Gasteiger partial charge is 0.138 e. The van der Waals surface area contributed by atoms with Crippen molar-refractivity contribution in [1.82, 2.24) is 4.98 Å². The number of pyridine rings is 1. The lowest BCUT2D eigenvalue weighted by molar-refractivity contribution is 0.130. The minimum absolute atomic E-state index is 0.165. The summed E-state index contributed by atoms with van der Waals surface area (Å²) < 4.78 is 5.66. The minimum Gasteiger partial charge on any atom is -0.487 e. The molecule has 1 aromatic rings. The predicted molar refractivity (Wildman–Crippen MR) is 58.9 cm³/mol. The molecule has 0 aromatic carbocycles. The van der Waals surface area contributed by atoms with E-state index in [-0.39, 0.29) is 5.60 Å². The molecule has 0 unspecified atom stereocenters. The molecule has 0 spiro atoms. The summed E-state index contributed by atoms with van der Waals surface area (Å²) in [6.07, 6.45) is 1.75. The van der Waals surface area contributed by atoms with Gasteiger partial charge in [-0.2, -0.15) is 0 Å². The fourth-order valence-corrected chi connectivity index (χ4v) is 1.05. The van der Waals surface area contributed by atoms with Crippen molar-refractivity contribution in [1.29, 1.82) is 0 Å². The molecule has 1 rings (SSSR count). The Morgan fingerprint density at radius 1 is 1.21 bits per heavy atom. The Morgan fingerprint density at radius 2 is 1.86 bits per heavy atom. The first-order valence-corrected chi connectivity index (χ1v) is 4.71. The van der Waals surface area contributed by atoms with Crippen LogP contribution in [0, 0.1) is 0 Å². The van der Waals surface area contributed by atoms with Gasteiger partial charge in [-0.25, -0.2) is 4.98 Å². The van der Waals surface area contributed by atoms with Gasteiger partial charge in [-0.15, -0.1) is 0 Å². The van der Waals surface area contributed by atoms with Crippen molar-refractivity contribution in [2.24, 2.45) is 0 Å². The number of anilines is 1. The Morgan fingerprint density at radius 3 is 2.21 bits per heavy atom. The van der Waals surface area contributed by atoms with Gasteiger partial charge in [0, 0.05) is 14.1 Å². The maximum atomic E-state index is 5.66. The van der Waals surface area contributed by atoms with Crippen LogP contribution in [0.2, 0.25) is 0 Å². The van der Waals surface area contributed by atoms with Crippen molar-refractivity contribution in [3.63, 3.8) is 0 Å². The molecule has 1 aromatic heterocycles. The van der Waals surface area contributed by atoms with Crippen LogP contribution in [0.1, 0.15) is 20.8 Å². The Hall–Kier alpha value is -1.25. The third kappa shape index (κ3) is 3.24. The quantitative estimate of drug-likeness (QED) is 0.722. The van der Waals surface area contributed by atoms with Crippen molar-refractivity contribution in [2.45, 2.75) is 26.4 Å². The van der Waals surface area contributed by atoms with E-state index in [1.165, 1.54) is 0 Å². The van der Waals surface area contributed by atoms with Crippen molar-refractivity contribution >= 4 is 5.82 Å². The third-order valence-electron chi connectivity index (χ3n) is 1.60. The van der Waals surface area contributed by atoms with Gasteiger partial charge >= 0.3 is 0 Å². The number of aromatic nitrogens is 1. The van der Waals surface area contributed by atoms with Gasteiger partial charge in [-0.05, 0) is 32.9 Å². The second-order valence-corrected chi connectivity index (χ2v) is 4.46. The van der Waals surface area contributed by atoms with Crippen LogP contribution < -0.4 is 9.64 Å². The Bertz CT molecular complexity index is 285. The molecule has 3 heteroatoms. The summed E-state index contributed by atoms with van der Waals surface area (Å²) in [4.78, 5) is 6.22. The van der Waals surface area contributed by atoms with Gasteiger partial charge in [0.1, 0.15) is 17.2 Å². The van der Waals surface area contributed by atoms with Crippen LogP contribution in [0.15, 0.2) is 18.3 Å². The van der Waals surface area contributed by atoms with E-state index in [1.807, 2.05) is 51.9 Å². The van der Waals surface area contributed by atoms with E-state index in [2.05, 4.69) is 4.98 Å². The Kier molecular flexibility index (Phi) is 2.99. The highest BCUT2D eigenvalue weighted by molar-refractivity contribution is 5.38. The van der Waals surface area contributed by atoms with Crippen molar-refractivity contribution < 1.29 is 4.74 Å². The zero-order valence-electron chi connectivity index (χ0n) is 9.53. The van der Waals surface area contributed by atoms with Crippen molar-refractivity contribution in [3.05, 3.63) is 18.3 Å². The first-order valence-electron chi connectivity index (χ1n) is 4.71. The zero-order chi connectivity index (χ0) is 10.8. The molecule has 0 fully saturated rings. The highest BCUT2D eigenvalue weighted by atomic mass is 16.5. The van der Waals surface area contributed by atoms with E-state index in [1.54, 1.807) is 6.20 Å². The second kappa shape index (κ2) is 3.86. The molecular formula is C11H18N2O. The van der Waals surface area contributed by atoms with Crippen molar-refractivity contribution in [3.8, 4) is 5.75 Å². The van der Waals surface area contributed by atoms with Gasteiger partial charge in [0.05, 0.1) is 6.20 Å². The zero-order valence-corrected chi connectivity index (χ0v) is 9.53. The number of rotatable bonds is 2. The summed E-state index contributed by atoms with van der Waals surface area (Å²) in [7, 11) is 3.93. The molecule has 0 saturated heterocycles. The Labute approximate surface area is 85.7 Å². The van der Waals surface area contributed by atoms with Crippen LogP contribution >= 0.6 is 0 Å². The van der Waals surface area contributed by atoms with E-state index < -0.39 is 0 Å². The normalized spacial score (nSPS) is 11.2. The molecule has 0 N–H and O–H groups in total.